The fourth-order valence-corrected chi connectivity index (χ4v) is 1.67. The number of hydrogen-bond acceptors (Lipinski definition) is 5. The molecule has 1 aliphatic rings. The van der Waals surface area contributed by atoms with Gasteiger partial charge in [0.1, 0.15) is 0 Å². The Labute approximate surface area is 98.6 Å². The van der Waals surface area contributed by atoms with Crippen molar-refractivity contribution in [3.8, 4) is 6.07 Å². The lowest BCUT2D eigenvalue weighted by molar-refractivity contribution is 0.00349. The first kappa shape index (κ1) is 11.4. The third-order valence-electron chi connectivity index (χ3n) is 2.58. The molecule has 88 valence electrons. The molecule has 1 atom stereocenters. The van der Waals surface area contributed by atoms with Crippen molar-refractivity contribution in [2.45, 2.75) is 6.10 Å². The number of nitrogens with zero attached hydrogens (tertiary/aromatic N) is 3. The van der Waals surface area contributed by atoms with Gasteiger partial charge in [-0.15, -0.1) is 0 Å². The molecule has 0 aliphatic carbocycles. The molecule has 2 rings (SSSR count). The normalized spacial score (nSPS) is 19.7. The number of morpholine rings is 1. The van der Waals surface area contributed by atoms with Gasteiger partial charge in [-0.3, -0.25) is 9.78 Å². The van der Waals surface area contributed by atoms with Gasteiger partial charge in [0.05, 0.1) is 24.8 Å². The smallest absolute Gasteiger partial charge is 0.257 e. The highest BCUT2D eigenvalue weighted by atomic mass is 16.5. The number of aromatic nitrogens is 1. The number of carbonyl (C=O) groups excluding carboxylic acids is 1. The number of nitrogen functional groups attached to an aromatic ring is 1. The van der Waals surface area contributed by atoms with Crippen molar-refractivity contribution in [2.24, 2.45) is 0 Å². The molecule has 1 saturated heterocycles. The number of hydrogen-bond donors (Lipinski definition) is 1. The van der Waals surface area contributed by atoms with E-state index in [0.29, 0.717) is 24.4 Å². The van der Waals surface area contributed by atoms with Crippen LogP contribution in [-0.4, -0.2) is 41.6 Å². The van der Waals surface area contributed by atoms with Crippen LogP contribution in [0.15, 0.2) is 18.5 Å². The van der Waals surface area contributed by atoms with E-state index in [2.05, 4.69) is 4.98 Å². The Morgan fingerprint density at radius 3 is 3.24 bits per heavy atom. The summed E-state index contributed by atoms with van der Waals surface area (Å²) < 4.78 is 5.17. The van der Waals surface area contributed by atoms with Gasteiger partial charge in [0.15, 0.2) is 6.10 Å². The summed E-state index contributed by atoms with van der Waals surface area (Å²) in [4.78, 5) is 17.6. The topological polar surface area (TPSA) is 92.2 Å². The molecular weight excluding hydrogens is 220 g/mol. The largest absolute Gasteiger partial charge is 0.398 e. The SMILES string of the molecule is N#CC1CN(C(=O)c2cnccc2N)CCO1. The first-order valence-electron chi connectivity index (χ1n) is 5.22. The average molecular weight is 232 g/mol. The average Bonchev–Trinajstić information content (AvgIpc) is 2.38. The quantitative estimate of drug-likeness (QED) is 0.737. The third kappa shape index (κ3) is 2.34. The van der Waals surface area contributed by atoms with Gasteiger partial charge in [0, 0.05) is 24.6 Å². The predicted octanol–water partition coefficient (Wildman–Crippen LogP) is 0.0284. The van der Waals surface area contributed by atoms with E-state index in [9.17, 15) is 4.79 Å². The van der Waals surface area contributed by atoms with Crippen molar-refractivity contribution < 1.29 is 9.53 Å². The van der Waals surface area contributed by atoms with Crippen LogP contribution in [0, 0.1) is 11.3 Å². The van der Waals surface area contributed by atoms with Gasteiger partial charge in [-0.2, -0.15) is 5.26 Å². The summed E-state index contributed by atoms with van der Waals surface area (Å²) in [6.45, 7) is 1.10. The van der Waals surface area contributed by atoms with Crippen molar-refractivity contribution in [3.05, 3.63) is 24.0 Å². The zero-order chi connectivity index (χ0) is 12.3. The zero-order valence-electron chi connectivity index (χ0n) is 9.17. The molecule has 1 aromatic heterocycles. The molecule has 0 bridgehead atoms. The van der Waals surface area contributed by atoms with E-state index in [-0.39, 0.29) is 12.5 Å². The minimum absolute atomic E-state index is 0.209. The van der Waals surface area contributed by atoms with Crippen LogP contribution in [0.1, 0.15) is 10.4 Å². The highest BCUT2D eigenvalue weighted by molar-refractivity contribution is 5.98. The molecular formula is C11H12N4O2. The second kappa shape index (κ2) is 4.80. The minimum atomic E-state index is -0.564. The number of pyridine rings is 1. The number of anilines is 1. The zero-order valence-corrected chi connectivity index (χ0v) is 9.17. The number of nitriles is 1. The van der Waals surface area contributed by atoms with E-state index in [0.717, 1.165) is 0 Å². The van der Waals surface area contributed by atoms with E-state index in [4.69, 9.17) is 15.7 Å². The molecule has 0 spiro atoms. The van der Waals surface area contributed by atoms with E-state index in [1.807, 2.05) is 6.07 Å². The second-order valence-corrected chi connectivity index (χ2v) is 3.70. The van der Waals surface area contributed by atoms with Crippen LogP contribution < -0.4 is 5.73 Å². The maximum atomic E-state index is 12.1. The van der Waals surface area contributed by atoms with E-state index < -0.39 is 6.10 Å². The van der Waals surface area contributed by atoms with E-state index in [1.165, 1.54) is 12.4 Å². The first-order chi connectivity index (χ1) is 8.22. The molecule has 0 saturated carbocycles. The lowest BCUT2D eigenvalue weighted by Gasteiger charge is -2.29. The monoisotopic (exact) mass is 232 g/mol. The number of nitrogens with two attached hydrogens (primary N) is 1. The Kier molecular flexibility index (Phi) is 3.21. The number of amides is 1. The Morgan fingerprint density at radius 2 is 2.53 bits per heavy atom. The van der Waals surface area contributed by atoms with Crippen molar-refractivity contribution in [1.29, 1.82) is 5.26 Å². The van der Waals surface area contributed by atoms with Crippen LogP contribution in [-0.2, 0) is 4.74 Å². The Morgan fingerprint density at radius 1 is 1.71 bits per heavy atom. The number of carbonyl (C=O) groups is 1. The van der Waals surface area contributed by atoms with E-state index >= 15 is 0 Å². The second-order valence-electron chi connectivity index (χ2n) is 3.70. The highest BCUT2D eigenvalue weighted by Gasteiger charge is 2.25. The van der Waals surface area contributed by atoms with Crippen LogP contribution >= 0.6 is 0 Å². The first-order valence-corrected chi connectivity index (χ1v) is 5.22. The van der Waals surface area contributed by atoms with Crippen LogP contribution in [0.2, 0.25) is 0 Å². The van der Waals surface area contributed by atoms with Gasteiger partial charge in [0.2, 0.25) is 0 Å². The van der Waals surface area contributed by atoms with Crippen molar-refractivity contribution >= 4 is 11.6 Å². The Balaban J connectivity index is 2.16. The summed E-state index contributed by atoms with van der Waals surface area (Å²) in [5.74, 6) is -0.209. The number of ether oxygens (including phenoxy) is 1. The highest BCUT2D eigenvalue weighted by Crippen LogP contribution is 2.14. The lowest BCUT2D eigenvalue weighted by Crippen LogP contribution is -2.45. The van der Waals surface area contributed by atoms with Gasteiger partial charge in [0.25, 0.3) is 5.91 Å². The lowest BCUT2D eigenvalue weighted by atomic mass is 10.2. The molecule has 0 aromatic carbocycles. The predicted molar refractivity (Wildman–Crippen MR) is 59.9 cm³/mol. The fourth-order valence-electron chi connectivity index (χ4n) is 1.67. The Bertz CT molecular complexity index is 469. The molecule has 1 unspecified atom stereocenters. The summed E-state index contributed by atoms with van der Waals surface area (Å²) in [7, 11) is 0. The number of rotatable bonds is 1. The summed E-state index contributed by atoms with van der Waals surface area (Å²) in [6, 6.07) is 3.57. The summed E-state index contributed by atoms with van der Waals surface area (Å²) in [5, 5.41) is 8.77. The van der Waals surface area contributed by atoms with Crippen molar-refractivity contribution in [3.63, 3.8) is 0 Å². The maximum Gasteiger partial charge on any atom is 0.257 e. The molecule has 17 heavy (non-hydrogen) atoms. The summed E-state index contributed by atoms with van der Waals surface area (Å²) >= 11 is 0. The maximum absolute atomic E-state index is 12.1. The van der Waals surface area contributed by atoms with Crippen LogP contribution in [0.25, 0.3) is 0 Å². The van der Waals surface area contributed by atoms with Gasteiger partial charge >= 0.3 is 0 Å². The molecule has 1 aliphatic heterocycles. The molecule has 0 radical (unpaired) electrons. The molecule has 6 heteroatoms. The molecule has 1 aromatic rings. The van der Waals surface area contributed by atoms with Crippen LogP contribution in [0.3, 0.4) is 0 Å². The van der Waals surface area contributed by atoms with Gasteiger partial charge < -0.3 is 15.4 Å². The minimum Gasteiger partial charge on any atom is -0.398 e. The molecule has 1 fully saturated rings. The van der Waals surface area contributed by atoms with Gasteiger partial charge in [-0.05, 0) is 6.07 Å². The Hall–Kier alpha value is -2.13. The van der Waals surface area contributed by atoms with Gasteiger partial charge in [-0.25, -0.2) is 0 Å². The molecule has 2 N–H and O–H groups in total. The summed E-state index contributed by atoms with van der Waals surface area (Å²) in [5.41, 5.74) is 6.47. The summed E-state index contributed by atoms with van der Waals surface area (Å²) in [6.07, 6.45) is 2.41. The fraction of sp³-hybridized carbons (Fsp3) is 0.364. The van der Waals surface area contributed by atoms with Crippen molar-refractivity contribution in [2.75, 3.05) is 25.4 Å². The molecule has 1 amide bonds. The van der Waals surface area contributed by atoms with Crippen LogP contribution in [0.5, 0.6) is 0 Å². The van der Waals surface area contributed by atoms with E-state index in [1.54, 1.807) is 11.0 Å². The van der Waals surface area contributed by atoms with Gasteiger partial charge in [-0.1, -0.05) is 0 Å². The third-order valence-corrected chi connectivity index (χ3v) is 2.58. The van der Waals surface area contributed by atoms with Crippen LogP contribution in [0.4, 0.5) is 5.69 Å². The standard InChI is InChI=1S/C11H12N4O2/c12-5-8-7-15(3-4-17-8)11(16)9-6-14-2-1-10(9)13/h1-2,6,8H,3-4,7H2,(H2,13,14). The molecule has 2 heterocycles. The molecule has 6 nitrogen and oxygen atoms in total. The van der Waals surface area contributed by atoms with Crippen molar-refractivity contribution in [1.82, 2.24) is 9.88 Å².